The predicted molar refractivity (Wildman–Crippen MR) is 76.3 cm³/mol. The van der Waals surface area contributed by atoms with E-state index < -0.39 is 0 Å². The minimum atomic E-state index is 0.543. The highest BCUT2D eigenvalue weighted by Gasteiger charge is 2.09. The maximum absolute atomic E-state index is 5.74. The van der Waals surface area contributed by atoms with Crippen LogP contribution in [0.5, 0.6) is 5.75 Å². The Bertz CT molecular complexity index is 543. The maximum Gasteiger partial charge on any atom is 0.119 e. The molecule has 19 heavy (non-hydrogen) atoms. The number of hydrogen-bond acceptors (Lipinski definition) is 3. The number of hydrogen-bond donors (Lipinski definition) is 1. The van der Waals surface area contributed by atoms with Gasteiger partial charge in [0.05, 0.1) is 18.8 Å². The Kier molecular flexibility index (Phi) is 4.22. The minimum absolute atomic E-state index is 0.543. The van der Waals surface area contributed by atoms with Crippen LogP contribution in [0.1, 0.15) is 29.4 Å². The van der Waals surface area contributed by atoms with E-state index in [0.29, 0.717) is 13.2 Å². The van der Waals surface area contributed by atoms with Crippen LogP contribution in [0.25, 0.3) is 0 Å². The molecule has 0 fully saturated rings. The van der Waals surface area contributed by atoms with E-state index in [1.165, 1.54) is 5.56 Å². The van der Waals surface area contributed by atoms with Gasteiger partial charge in [0.2, 0.25) is 0 Å². The smallest absolute Gasteiger partial charge is 0.119 e. The van der Waals surface area contributed by atoms with E-state index in [0.717, 1.165) is 29.2 Å². The third-order valence-electron chi connectivity index (χ3n) is 3.30. The molecule has 1 aromatic carbocycles. The lowest BCUT2D eigenvalue weighted by atomic mass is 10.2. The van der Waals surface area contributed by atoms with Crippen molar-refractivity contribution in [2.24, 2.45) is 5.73 Å². The SMILES string of the molecule is CCOc1ccc(Cn2nc(C)c(CN)c2C)cc1. The summed E-state index contributed by atoms with van der Waals surface area (Å²) in [5.41, 5.74) is 10.3. The molecule has 0 amide bonds. The molecule has 0 saturated carbocycles. The van der Waals surface area contributed by atoms with Crippen molar-refractivity contribution in [3.05, 3.63) is 46.8 Å². The summed E-state index contributed by atoms with van der Waals surface area (Å²) in [6, 6.07) is 8.13. The third kappa shape index (κ3) is 2.96. The molecule has 1 aromatic heterocycles. The summed E-state index contributed by atoms with van der Waals surface area (Å²) < 4.78 is 7.44. The maximum atomic E-state index is 5.74. The van der Waals surface area contributed by atoms with Gasteiger partial charge >= 0.3 is 0 Å². The average Bonchev–Trinajstić information content (AvgIpc) is 2.67. The molecule has 4 heteroatoms. The first-order valence-corrected chi connectivity index (χ1v) is 6.60. The Morgan fingerprint density at radius 3 is 2.42 bits per heavy atom. The number of rotatable bonds is 5. The Hall–Kier alpha value is -1.81. The Morgan fingerprint density at radius 1 is 1.21 bits per heavy atom. The summed E-state index contributed by atoms with van der Waals surface area (Å²) in [5.74, 6) is 0.905. The molecule has 0 saturated heterocycles. The van der Waals surface area contributed by atoms with Gasteiger partial charge in [-0.3, -0.25) is 4.68 Å². The number of ether oxygens (including phenoxy) is 1. The van der Waals surface area contributed by atoms with Gasteiger partial charge in [-0.2, -0.15) is 5.10 Å². The van der Waals surface area contributed by atoms with Crippen molar-refractivity contribution in [2.45, 2.75) is 33.9 Å². The van der Waals surface area contributed by atoms with Crippen molar-refractivity contribution >= 4 is 0 Å². The second kappa shape index (κ2) is 5.89. The van der Waals surface area contributed by atoms with Gasteiger partial charge in [0.25, 0.3) is 0 Å². The highest BCUT2D eigenvalue weighted by Crippen LogP contribution is 2.16. The van der Waals surface area contributed by atoms with Crippen LogP contribution in [0, 0.1) is 13.8 Å². The molecular formula is C15H21N3O. The monoisotopic (exact) mass is 259 g/mol. The van der Waals surface area contributed by atoms with Gasteiger partial charge in [-0.15, -0.1) is 0 Å². The Labute approximate surface area is 114 Å². The van der Waals surface area contributed by atoms with Crippen LogP contribution in [0.15, 0.2) is 24.3 Å². The van der Waals surface area contributed by atoms with Crippen molar-refractivity contribution < 1.29 is 4.74 Å². The van der Waals surface area contributed by atoms with Crippen molar-refractivity contribution in [3.63, 3.8) is 0 Å². The molecule has 4 nitrogen and oxygen atoms in total. The topological polar surface area (TPSA) is 53.1 Å². The Morgan fingerprint density at radius 2 is 1.89 bits per heavy atom. The zero-order valence-electron chi connectivity index (χ0n) is 11.8. The summed E-state index contributed by atoms with van der Waals surface area (Å²) in [4.78, 5) is 0. The second-order valence-corrected chi connectivity index (χ2v) is 4.59. The van der Waals surface area contributed by atoms with Gasteiger partial charge in [0, 0.05) is 17.8 Å². The molecule has 1 heterocycles. The lowest BCUT2D eigenvalue weighted by Crippen LogP contribution is -2.05. The normalized spacial score (nSPS) is 10.7. The van der Waals surface area contributed by atoms with Gasteiger partial charge in [0.15, 0.2) is 0 Å². The number of nitrogens with two attached hydrogens (primary N) is 1. The van der Waals surface area contributed by atoms with Gasteiger partial charge < -0.3 is 10.5 Å². The van der Waals surface area contributed by atoms with Crippen molar-refractivity contribution in [3.8, 4) is 5.75 Å². The number of nitrogens with zero attached hydrogens (tertiary/aromatic N) is 2. The van der Waals surface area contributed by atoms with Crippen LogP contribution in [-0.2, 0) is 13.1 Å². The summed E-state index contributed by atoms with van der Waals surface area (Å²) >= 11 is 0. The average molecular weight is 259 g/mol. The summed E-state index contributed by atoms with van der Waals surface area (Å²) in [7, 11) is 0. The number of aromatic nitrogens is 2. The first-order valence-electron chi connectivity index (χ1n) is 6.60. The molecule has 0 bridgehead atoms. The molecular weight excluding hydrogens is 238 g/mol. The van der Waals surface area contributed by atoms with Gasteiger partial charge in [-0.25, -0.2) is 0 Å². The largest absolute Gasteiger partial charge is 0.494 e. The molecule has 2 aromatic rings. The first-order chi connectivity index (χ1) is 9.15. The quantitative estimate of drug-likeness (QED) is 0.897. The van der Waals surface area contributed by atoms with Gasteiger partial charge in [-0.1, -0.05) is 12.1 Å². The van der Waals surface area contributed by atoms with E-state index >= 15 is 0 Å². The van der Waals surface area contributed by atoms with Crippen molar-refractivity contribution in [2.75, 3.05) is 6.61 Å². The van der Waals surface area contributed by atoms with Crippen LogP contribution < -0.4 is 10.5 Å². The van der Waals surface area contributed by atoms with Gasteiger partial charge in [0.1, 0.15) is 5.75 Å². The predicted octanol–water partition coefficient (Wildman–Crippen LogP) is 2.41. The fourth-order valence-electron chi connectivity index (χ4n) is 2.21. The lowest BCUT2D eigenvalue weighted by Gasteiger charge is -2.07. The van der Waals surface area contributed by atoms with E-state index in [4.69, 9.17) is 10.5 Å². The molecule has 0 unspecified atom stereocenters. The Balaban J connectivity index is 2.17. The fourth-order valence-corrected chi connectivity index (χ4v) is 2.21. The van der Waals surface area contributed by atoms with Crippen LogP contribution in [-0.4, -0.2) is 16.4 Å². The fraction of sp³-hybridized carbons (Fsp3) is 0.400. The van der Waals surface area contributed by atoms with Gasteiger partial charge in [-0.05, 0) is 38.5 Å². The second-order valence-electron chi connectivity index (χ2n) is 4.59. The summed E-state index contributed by atoms with van der Waals surface area (Å²) in [5, 5.41) is 4.54. The van der Waals surface area contributed by atoms with E-state index in [1.54, 1.807) is 0 Å². The van der Waals surface area contributed by atoms with E-state index in [1.807, 2.05) is 30.7 Å². The third-order valence-corrected chi connectivity index (χ3v) is 3.30. The first kappa shape index (κ1) is 13.6. The van der Waals surface area contributed by atoms with Crippen LogP contribution in [0.2, 0.25) is 0 Å². The molecule has 0 aliphatic heterocycles. The number of benzene rings is 1. The summed E-state index contributed by atoms with van der Waals surface area (Å²) in [6.45, 7) is 8.05. The lowest BCUT2D eigenvalue weighted by molar-refractivity contribution is 0.340. The zero-order valence-corrected chi connectivity index (χ0v) is 11.8. The molecule has 0 aliphatic rings. The standard InChI is InChI=1S/C15H21N3O/c1-4-19-14-7-5-13(6-8-14)10-18-12(3)15(9-16)11(2)17-18/h5-8H,4,9-10,16H2,1-3H3. The zero-order chi connectivity index (χ0) is 13.8. The molecule has 0 radical (unpaired) electrons. The molecule has 0 aliphatic carbocycles. The van der Waals surface area contributed by atoms with E-state index in [2.05, 4.69) is 24.2 Å². The molecule has 102 valence electrons. The molecule has 0 atom stereocenters. The minimum Gasteiger partial charge on any atom is -0.494 e. The number of aryl methyl sites for hydroxylation is 1. The van der Waals surface area contributed by atoms with Crippen LogP contribution in [0.4, 0.5) is 0 Å². The molecule has 0 spiro atoms. The van der Waals surface area contributed by atoms with Crippen LogP contribution in [0.3, 0.4) is 0 Å². The highest BCUT2D eigenvalue weighted by molar-refractivity contribution is 5.29. The van der Waals surface area contributed by atoms with Crippen molar-refractivity contribution in [1.29, 1.82) is 0 Å². The highest BCUT2D eigenvalue weighted by atomic mass is 16.5. The summed E-state index contributed by atoms with van der Waals surface area (Å²) in [6.07, 6.45) is 0. The van der Waals surface area contributed by atoms with Crippen LogP contribution >= 0.6 is 0 Å². The van der Waals surface area contributed by atoms with Crippen molar-refractivity contribution in [1.82, 2.24) is 9.78 Å². The van der Waals surface area contributed by atoms with E-state index in [9.17, 15) is 0 Å². The molecule has 2 rings (SSSR count). The van der Waals surface area contributed by atoms with E-state index in [-0.39, 0.29) is 0 Å². The molecule has 2 N–H and O–H groups in total.